The Labute approximate surface area is 114 Å². The Morgan fingerprint density at radius 1 is 1.42 bits per heavy atom. The molecular formula is C10H14ClF3N2O2S. The lowest BCUT2D eigenvalue weighted by molar-refractivity contribution is -0.135. The van der Waals surface area contributed by atoms with Crippen LogP contribution >= 0.6 is 11.6 Å². The van der Waals surface area contributed by atoms with Crippen molar-refractivity contribution in [3.8, 4) is 0 Å². The van der Waals surface area contributed by atoms with Crippen LogP contribution in [0.15, 0.2) is 17.2 Å². The van der Waals surface area contributed by atoms with Gasteiger partial charge in [0.15, 0.2) is 0 Å². The zero-order chi connectivity index (χ0) is 14.8. The van der Waals surface area contributed by atoms with E-state index in [-0.39, 0.29) is 17.3 Å². The van der Waals surface area contributed by atoms with Crippen molar-refractivity contribution in [1.29, 1.82) is 0 Å². The Bertz CT molecular complexity index is 539. The van der Waals surface area contributed by atoms with Crippen molar-refractivity contribution in [3.63, 3.8) is 0 Å². The lowest BCUT2D eigenvalue weighted by atomic mass is 10.5. The fraction of sp³-hybridized carbons (Fsp3) is 0.600. The van der Waals surface area contributed by atoms with Crippen LogP contribution in [0.2, 0.25) is 0 Å². The molecule has 0 aliphatic heterocycles. The Hall–Kier alpha value is -0.730. The molecule has 0 saturated heterocycles. The summed E-state index contributed by atoms with van der Waals surface area (Å²) in [5.41, 5.74) is 0.517. The van der Waals surface area contributed by atoms with E-state index in [4.69, 9.17) is 11.6 Å². The van der Waals surface area contributed by atoms with E-state index < -0.39 is 22.7 Å². The maximum absolute atomic E-state index is 12.4. The lowest BCUT2D eigenvalue weighted by Gasteiger charge is -2.21. The fourth-order valence-electron chi connectivity index (χ4n) is 1.57. The van der Waals surface area contributed by atoms with Gasteiger partial charge in [0, 0.05) is 25.5 Å². The topological polar surface area (TPSA) is 42.3 Å². The molecule has 1 heterocycles. The second-order valence-electron chi connectivity index (χ2n) is 3.96. The molecule has 19 heavy (non-hydrogen) atoms. The normalized spacial score (nSPS) is 13.2. The molecule has 9 heteroatoms. The number of rotatable bonds is 5. The minimum Gasteiger partial charge on any atom is -0.352 e. The average Bonchev–Trinajstić information content (AvgIpc) is 2.66. The third-order valence-electron chi connectivity index (χ3n) is 2.57. The van der Waals surface area contributed by atoms with Crippen LogP contribution in [0.5, 0.6) is 0 Å². The van der Waals surface area contributed by atoms with Crippen molar-refractivity contribution < 1.29 is 21.6 Å². The average molecular weight is 319 g/mol. The lowest BCUT2D eigenvalue weighted by Crippen LogP contribution is -2.38. The third-order valence-corrected chi connectivity index (χ3v) is 4.73. The van der Waals surface area contributed by atoms with Crippen LogP contribution in [0, 0.1) is 0 Å². The highest BCUT2D eigenvalue weighted by molar-refractivity contribution is 7.89. The van der Waals surface area contributed by atoms with Gasteiger partial charge in [-0.05, 0) is 6.07 Å². The molecule has 0 amide bonds. The highest BCUT2D eigenvalue weighted by Crippen LogP contribution is 2.24. The second kappa shape index (κ2) is 5.72. The molecule has 0 radical (unpaired) electrons. The van der Waals surface area contributed by atoms with Gasteiger partial charge in [-0.2, -0.15) is 17.5 Å². The highest BCUT2D eigenvalue weighted by atomic mass is 35.5. The van der Waals surface area contributed by atoms with Crippen LogP contribution in [0.25, 0.3) is 0 Å². The van der Waals surface area contributed by atoms with Crippen LogP contribution in [0.1, 0.15) is 12.6 Å². The minimum atomic E-state index is -4.58. The van der Waals surface area contributed by atoms with Gasteiger partial charge in [-0.3, -0.25) is 0 Å². The molecular weight excluding hydrogens is 305 g/mol. The Kier molecular flexibility index (Phi) is 4.91. The zero-order valence-corrected chi connectivity index (χ0v) is 12.0. The molecule has 0 aromatic carbocycles. The van der Waals surface area contributed by atoms with Gasteiger partial charge in [0.25, 0.3) is 0 Å². The van der Waals surface area contributed by atoms with Crippen molar-refractivity contribution in [1.82, 2.24) is 8.87 Å². The first-order valence-electron chi connectivity index (χ1n) is 5.40. The number of aryl methyl sites for hydroxylation is 1. The second-order valence-corrected chi connectivity index (χ2v) is 6.16. The van der Waals surface area contributed by atoms with E-state index in [1.165, 1.54) is 23.8 Å². The van der Waals surface area contributed by atoms with Gasteiger partial charge < -0.3 is 4.57 Å². The van der Waals surface area contributed by atoms with Gasteiger partial charge in [-0.15, -0.1) is 11.6 Å². The molecule has 110 valence electrons. The Morgan fingerprint density at radius 2 is 2.00 bits per heavy atom. The molecule has 1 aromatic rings. The molecule has 0 aliphatic carbocycles. The van der Waals surface area contributed by atoms with Gasteiger partial charge in [0.1, 0.15) is 11.4 Å². The third kappa shape index (κ3) is 3.87. The summed E-state index contributed by atoms with van der Waals surface area (Å²) in [6, 6.07) is 1.28. The fourth-order valence-corrected chi connectivity index (χ4v) is 3.36. The summed E-state index contributed by atoms with van der Waals surface area (Å²) in [6.45, 7) is -0.404. The number of nitrogens with zero attached hydrogens (tertiary/aromatic N) is 2. The predicted octanol–water partition coefficient (Wildman–Crippen LogP) is 2.34. The van der Waals surface area contributed by atoms with Crippen LogP contribution in [-0.2, 0) is 23.0 Å². The number of hydrogen-bond acceptors (Lipinski definition) is 2. The first kappa shape index (κ1) is 16.3. The van der Waals surface area contributed by atoms with Crippen LogP contribution in [0.4, 0.5) is 13.2 Å². The molecule has 0 aliphatic rings. The molecule has 1 rings (SSSR count). The summed E-state index contributed by atoms with van der Waals surface area (Å²) in [6.07, 6.45) is -3.32. The zero-order valence-electron chi connectivity index (χ0n) is 10.4. The van der Waals surface area contributed by atoms with Crippen LogP contribution < -0.4 is 0 Å². The Balaban J connectivity index is 3.13. The molecule has 0 unspecified atom stereocenters. The van der Waals surface area contributed by atoms with Crippen molar-refractivity contribution in [2.45, 2.75) is 23.9 Å². The van der Waals surface area contributed by atoms with Crippen LogP contribution in [-0.4, -0.2) is 36.6 Å². The van der Waals surface area contributed by atoms with E-state index in [9.17, 15) is 21.6 Å². The van der Waals surface area contributed by atoms with Gasteiger partial charge in [0.05, 0.1) is 5.88 Å². The van der Waals surface area contributed by atoms with Crippen molar-refractivity contribution in [2.24, 2.45) is 7.05 Å². The summed E-state index contributed by atoms with van der Waals surface area (Å²) in [4.78, 5) is -0.184. The monoisotopic (exact) mass is 318 g/mol. The van der Waals surface area contributed by atoms with Gasteiger partial charge in [0.2, 0.25) is 10.0 Å². The first-order chi connectivity index (χ1) is 8.61. The van der Waals surface area contributed by atoms with Gasteiger partial charge in [-0.1, -0.05) is 6.92 Å². The van der Waals surface area contributed by atoms with E-state index in [0.29, 0.717) is 10.00 Å². The minimum absolute atomic E-state index is 0.0808. The molecule has 0 bridgehead atoms. The standard InChI is InChI=1S/C10H14ClF3N2O2S/c1-3-16(7-10(12,13)14)19(17,18)9-4-8(5-11)15(2)6-9/h4,6H,3,5,7H2,1-2H3. The summed E-state index contributed by atoms with van der Waals surface area (Å²) in [5, 5.41) is 0. The van der Waals surface area contributed by atoms with Gasteiger partial charge >= 0.3 is 6.18 Å². The summed E-state index contributed by atoms with van der Waals surface area (Å²) in [5.74, 6) is 0.0808. The summed E-state index contributed by atoms with van der Waals surface area (Å²) in [7, 11) is -2.58. The molecule has 1 aromatic heterocycles. The molecule has 0 fully saturated rings. The molecule has 4 nitrogen and oxygen atoms in total. The van der Waals surface area contributed by atoms with Crippen molar-refractivity contribution >= 4 is 21.6 Å². The van der Waals surface area contributed by atoms with Crippen molar-refractivity contribution in [2.75, 3.05) is 13.1 Å². The van der Waals surface area contributed by atoms with E-state index >= 15 is 0 Å². The van der Waals surface area contributed by atoms with E-state index in [1.54, 1.807) is 7.05 Å². The first-order valence-corrected chi connectivity index (χ1v) is 7.37. The Morgan fingerprint density at radius 3 is 2.37 bits per heavy atom. The summed E-state index contributed by atoms with van der Waals surface area (Å²) < 4.78 is 63.1. The molecule has 0 atom stereocenters. The largest absolute Gasteiger partial charge is 0.402 e. The predicted molar refractivity (Wildman–Crippen MR) is 65.5 cm³/mol. The molecule has 0 N–H and O–H groups in total. The number of halogens is 4. The van der Waals surface area contributed by atoms with Gasteiger partial charge in [-0.25, -0.2) is 8.42 Å². The van der Waals surface area contributed by atoms with Crippen molar-refractivity contribution in [3.05, 3.63) is 18.0 Å². The maximum atomic E-state index is 12.4. The molecule has 0 spiro atoms. The smallest absolute Gasteiger partial charge is 0.352 e. The SMILES string of the molecule is CCN(CC(F)(F)F)S(=O)(=O)c1cc(CCl)n(C)c1. The maximum Gasteiger partial charge on any atom is 0.402 e. The van der Waals surface area contributed by atoms with E-state index in [0.717, 1.165) is 0 Å². The van der Waals surface area contributed by atoms with Crippen LogP contribution in [0.3, 0.4) is 0 Å². The molecule has 0 saturated carbocycles. The number of sulfonamides is 1. The summed E-state index contributed by atoms with van der Waals surface area (Å²) >= 11 is 5.61. The number of alkyl halides is 4. The number of hydrogen-bond donors (Lipinski definition) is 0. The van der Waals surface area contributed by atoms with E-state index in [1.807, 2.05) is 0 Å². The van der Waals surface area contributed by atoms with E-state index in [2.05, 4.69) is 0 Å². The quantitative estimate of drug-likeness (QED) is 0.782. The number of aromatic nitrogens is 1. The highest BCUT2D eigenvalue weighted by Gasteiger charge is 2.36.